The molecule has 0 fully saturated rings. The Morgan fingerprint density at radius 2 is 2.27 bits per heavy atom. The number of nitrogens with two attached hydrogens (primary N) is 1. The van der Waals surface area contributed by atoms with Crippen molar-refractivity contribution in [1.29, 1.82) is 0 Å². The second-order valence-electron chi connectivity index (χ2n) is 2.82. The average Bonchev–Trinajstić information content (AvgIpc) is 2.51. The summed E-state index contributed by atoms with van der Waals surface area (Å²) in [6.07, 6.45) is 0. The lowest BCUT2D eigenvalue weighted by molar-refractivity contribution is 1.03. The molecular formula is C8H6BrClN4S. The van der Waals surface area contributed by atoms with Gasteiger partial charge in [0.15, 0.2) is 0 Å². The predicted molar refractivity (Wildman–Crippen MR) is 65.9 cm³/mol. The number of nitrogen functional groups attached to an aromatic ring is 1. The lowest BCUT2D eigenvalue weighted by Gasteiger charge is -2.06. The summed E-state index contributed by atoms with van der Waals surface area (Å²) in [5.74, 6) is 0.294. The molecule has 2 rings (SSSR count). The Bertz CT molecular complexity index is 562. The first-order valence-corrected chi connectivity index (χ1v) is 5.56. The largest absolute Gasteiger partial charge is 0.368 e. The molecule has 0 aliphatic carbocycles. The van der Waals surface area contributed by atoms with E-state index in [4.69, 9.17) is 29.6 Å². The van der Waals surface area contributed by atoms with Crippen molar-refractivity contribution in [3.05, 3.63) is 32.5 Å². The molecule has 0 aliphatic rings. The highest BCUT2D eigenvalue weighted by molar-refractivity contribution is 9.10. The zero-order valence-electron chi connectivity index (χ0n) is 7.37. The molecule has 0 radical (unpaired) electrons. The van der Waals surface area contributed by atoms with E-state index in [2.05, 4.69) is 26.1 Å². The van der Waals surface area contributed by atoms with Crippen molar-refractivity contribution in [2.75, 3.05) is 5.73 Å². The Kier molecular flexibility index (Phi) is 2.81. The number of hydrogen-bond donors (Lipinski definition) is 2. The van der Waals surface area contributed by atoms with Crippen LogP contribution >= 0.6 is 39.7 Å². The minimum atomic E-state index is 0.294. The standard InChI is InChI=1S/C8H6BrClN4S/c9-5-2-1-4(10)3-6(5)14-7(11)12-13-8(14)15/h1-3H,(H2,11,12)(H,13,15). The number of nitrogens with zero attached hydrogens (tertiary/aromatic N) is 2. The van der Waals surface area contributed by atoms with E-state index < -0.39 is 0 Å². The van der Waals surface area contributed by atoms with Gasteiger partial charge >= 0.3 is 0 Å². The number of benzene rings is 1. The number of rotatable bonds is 1. The highest BCUT2D eigenvalue weighted by Crippen LogP contribution is 2.26. The fourth-order valence-corrected chi connectivity index (χ4v) is 2.03. The van der Waals surface area contributed by atoms with Crippen LogP contribution in [0.25, 0.3) is 5.69 Å². The van der Waals surface area contributed by atoms with E-state index in [1.807, 2.05) is 6.07 Å². The van der Waals surface area contributed by atoms with E-state index in [1.165, 1.54) is 0 Å². The van der Waals surface area contributed by atoms with Crippen molar-refractivity contribution in [1.82, 2.24) is 14.8 Å². The predicted octanol–water partition coefficient (Wildman–Crippen LogP) is 2.93. The molecule has 0 aliphatic heterocycles. The van der Waals surface area contributed by atoms with Crippen LogP contribution in [0.2, 0.25) is 5.02 Å². The van der Waals surface area contributed by atoms with E-state index in [-0.39, 0.29) is 0 Å². The summed E-state index contributed by atoms with van der Waals surface area (Å²) < 4.78 is 2.87. The highest BCUT2D eigenvalue weighted by Gasteiger charge is 2.08. The fourth-order valence-electron chi connectivity index (χ4n) is 1.20. The molecule has 0 amide bonds. The van der Waals surface area contributed by atoms with Crippen LogP contribution in [0, 0.1) is 4.77 Å². The Labute approximate surface area is 104 Å². The van der Waals surface area contributed by atoms with Gasteiger partial charge in [0.05, 0.1) is 5.69 Å². The van der Waals surface area contributed by atoms with Gasteiger partial charge in [0.1, 0.15) is 0 Å². The zero-order chi connectivity index (χ0) is 11.0. The van der Waals surface area contributed by atoms with Crippen LogP contribution in [0.3, 0.4) is 0 Å². The summed E-state index contributed by atoms with van der Waals surface area (Å²) in [6, 6.07) is 5.36. The second-order valence-corrected chi connectivity index (χ2v) is 4.50. The molecule has 0 unspecified atom stereocenters. The molecule has 3 N–H and O–H groups in total. The Hall–Kier alpha value is -0.850. The van der Waals surface area contributed by atoms with Crippen molar-refractivity contribution in [2.45, 2.75) is 0 Å². The Morgan fingerprint density at radius 3 is 2.87 bits per heavy atom. The molecule has 78 valence electrons. The minimum absolute atomic E-state index is 0.294. The Balaban J connectivity index is 2.74. The van der Waals surface area contributed by atoms with Gasteiger partial charge in [-0.05, 0) is 46.3 Å². The van der Waals surface area contributed by atoms with Crippen molar-refractivity contribution < 1.29 is 0 Å². The van der Waals surface area contributed by atoms with Gasteiger partial charge in [-0.1, -0.05) is 11.6 Å². The molecular weight excluding hydrogens is 300 g/mol. The molecule has 15 heavy (non-hydrogen) atoms. The van der Waals surface area contributed by atoms with Gasteiger partial charge in [0.2, 0.25) is 10.7 Å². The van der Waals surface area contributed by atoms with Gasteiger partial charge < -0.3 is 5.73 Å². The van der Waals surface area contributed by atoms with Crippen LogP contribution in [0.4, 0.5) is 5.95 Å². The molecule has 0 bridgehead atoms. The number of hydrogen-bond acceptors (Lipinski definition) is 3. The molecule has 4 nitrogen and oxygen atoms in total. The van der Waals surface area contributed by atoms with Gasteiger partial charge in [0.25, 0.3) is 0 Å². The Morgan fingerprint density at radius 1 is 1.53 bits per heavy atom. The van der Waals surface area contributed by atoms with E-state index in [9.17, 15) is 0 Å². The third-order valence-electron chi connectivity index (χ3n) is 1.85. The second kappa shape index (κ2) is 3.96. The zero-order valence-corrected chi connectivity index (χ0v) is 10.5. The quantitative estimate of drug-likeness (QED) is 0.796. The molecule has 2 aromatic rings. The SMILES string of the molecule is Nc1n[nH]c(=S)n1-c1cc(Cl)ccc1Br. The molecule has 1 aromatic carbocycles. The van der Waals surface area contributed by atoms with E-state index >= 15 is 0 Å². The van der Waals surface area contributed by atoms with Gasteiger partial charge in [-0.15, -0.1) is 5.10 Å². The molecule has 0 saturated heterocycles. The highest BCUT2D eigenvalue weighted by atomic mass is 79.9. The number of anilines is 1. The molecule has 0 atom stereocenters. The van der Waals surface area contributed by atoms with Gasteiger partial charge in [-0.25, -0.2) is 5.10 Å². The van der Waals surface area contributed by atoms with Gasteiger partial charge in [-0.3, -0.25) is 4.57 Å². The monoisotopic (exact) mass is 304 g/mol. The maximum absolute atomic E-state index is 5.90. The normalized spacial score (nSPS) is 10.5. The topological polar surface area (TPSA) is 59.6 Å². The fraction of sp³-hybridized carbons (Fsp3) is 0. The average molecular weight is 306 g/mol. The van der Waals surface area contributed by atoms with E-state index in [1.54, 1.807) is 16.7 Å². The molecule has 7 heteroatoms. The van der Waals surface area contributed by atoms with Crippen LogP contribution < -0.4 is 5.73 Å². The summed E-state index contributed by atoms with van der Waals surface area (Å²) in [5, 5.41) is 7.04. The first-order valence-electron chi connectivity index (χ1n) is 3.98. The van der Waals surface area contributed by atoms with Gasteiger partial charge in [-0.2, -0.15) is 0 Å². The first kappa shape index (κ1) is 10.7. The van der Waals surface area contributed by atoms with E-state index in [0.717, 1.165) is 10.2 Å². The molecule has 0 saturated carbocycles. The van der Waals surface area contributed by atoms with Crippen molar-refractivity contribution in [3.8, 4) is 5.69 Å². The van der Waals surface area contributed by atoms with Crippen molar-refractivity contribution in [3.63, 3.8) is 0 Å². The number of aromatic amines is 1. The number of nitrogens with one attached hydrogen (secondary N) is 1. The first-order chi connectivity index (χ1) is 7.09. The van der Waals surface area contributed by atoms with Crippen LogP contribution in [0.15, 0.2) is 22.7 Å². The van der Waals surface area contributed by atoms with Crippen LogP contribution in [-0.4, -0.2) is 14.8 Å². The van der Waals surface area contributed by atoms with Crippen LogP contribution in [-0.2, 0) is 0 Å². The van der Waals surface area contributed by atoms with Crippen molar-refractivity contribution in [2.24, 2.45) is 0 Å². The summed E-state index contributed by atoms with van der Waals surface area (Å²) >= 11 is 14.4. The van der Waals surface area contributed by atoms with Crippen LogP contribution in [0.5, 0.6) is 0 Å². The minimum Gasteiger partial charge on any atom is -0.368 e. The van der Waals surface area contributed by atoms with E-state index in [0.29, 0.717) is 15.7 Å². The summed E-state index contributed by atoms with van der Waals surface area (Å²) in [6.45, 7) is 0. The number of halogens is 2. The molecule has 1 heterocycles. The molecule has 1 aromatic heterocycles. The summed E-state index contributed by atoms with van der Waals surface area (Å²) in [5.41, 5.74) is 6.45. The summed E-state index contributed by atoms with van der Waals surface area (Å²) in [4.78, 5) is 0. The molecule has 0 spiro atoms. The summed E-state index contributed by atoms with van der Waals surface area (Å²) in [7, 11) is 0. The van der Waals surface area contributed by atoms with Crippen LogP contribution in [0.1, 0.15) is 0 Å². The lowest BCUT2D eigenvalue weighted by atomic mass is 10.3. The smallest absolute Gasteiger partial charge is 0.225 e. The van der Waals surface area contributed by atoms with Crippen molar-refractivity contribution >= 4 is 45.7 Å². The number of aromatic nitrogens is 3. The number of H-pyrrole nitrogens is 1. The third-order valence-corrected chi connectivity index (χ3v) is 3.03. The third kappa shape index (κ3) is 1.92. The lowest BCUT2D eigenvalue weighted by Crippen LogP contribution is -2.01. The maximum Gasteiger partial charge on any atom is 0.225 e. The maximum atomic E-state index is 5.90. The van der Waals surface area contributed by atoms with Gasteiger partial charge in [0, 0.05) is 9.50 Å².